The molecule has 1 atom stereocenters. The number of rotatable bonds is 4. The first-order valence-corrected chi connectivity index (χ1v) is 10.4. The van der Waals surface area contributed by atoms with Crippen LogP contribution < -0.4 is 19.1 Å². The van der Waals surface area contributed by atoms with Crippen LogP contribution in [0.5, 0.6) is 17.2 Å². The molecule has 0 aliphatic carbocycles. The molecule has 7 heteroatoms. The van der Waals surface area contributed by atoms with Crippen molar-refractivity contribution in [1.82, 2.24) is 0 Å². The molecule has 2 heterocycles. The van der Waals surface area contributed by atoms with Crippen molar-refractivity contribution < 1.29 is 28.9 Å². The standard InChI is InChI=1S/C26H21NO6/c1-15-4-3-5-16(12-15)23-22(24(28)17-6-11-20-21(13-17)33-14-32-20)25(29)26(30)27(23)18-7-9-19(31-2)10-8-18/h3-13,23,28H,14H2,1-2H3/b24-22-. The summed E-state index contributed by atoms with van der Waals surface area (Å²) in [6.45, 7) is 2.02. The molecule has 2 aliphatic rings. The number of hydrogen-bond acceptors (Lipinski definition) is 6. The van der Waals surface area contributed by atoms with Crippen molar-refractivity contribution >= 4 is 23.1 Å². The Kier molecular flexibility index (Phi) is 5.01. The van der Waals surface area contributed by atoms with Gasteiger partial charge in [-0.15, -0.1) is 0 Å². The minimum Gasteiger partial charge on any atom is -0.507 e. The van der Waals surface area contributed by atoms with Crippen LogP contribution in [0.2, 0.25) is 0 Å². The average molecular weight is 443 g/mol. The lowest BCUT2D eigenvalue weighted by molar-refractivity contribution is -0.132. The molecule has 0 aromatic heterocycles. The Labute approximate surface area is 190 Å². The van der Waals surface area contributed by atoms with Crippen molar-refractivity contribution in [2.24, 2.45) is 0 Å². The molecule has 33 heavy (non-hydrogen) atoms. The van der Waals surface area contributed by atoms with Crippen LogP contribution in [0, 0.1) is 6.92 Å². The summed E-state index contributed by atoms with van der Waals surface area (Å²) < 4.78 is 16.0. The zero-order valence-electron chi connectivity index (χ0n) is 18.1. The number of aliphatic hydroxyl groups excluding tert-OH is 1. The van der Waals surface area contributed by atoms with Crippen LogP contribution in [-0.4, -0.2) is 30.7 Å². The number of ketones is 1. The van der Waals surface area contributed by atoms with Crippen molar-refractivity contribution in [1.29, 1.82) is 0 Å². The summed E-state index contributed by atoms with van der Waals surface area (Å²) in [7, 11) is 1.55. The van der Waals surface area contributed by atoms with Crippen LogP contribution in [0.25, 0.3) is 5.76 Å². The van der Waals surface area contributed by atoms with Crippen LogP contribution in [-0.2, 0) is 9.59 Å². The highest BCUT2D eigenvalue weighted by atomic mass is 16.7. The van der Waals surface area contributed by atoms with Crippen LogP contribution in [0.3, 0.4) is 0 Å². The molecule has 3 aromatic rings. The van der Waals surface area contributed by atoms with Gasteiger partial charge in [-0.05, 0) is 55.0 Å². The summed E-state index contributed by atoms with van der Waals surface area (Å²) in [6, 6.07) is 18.5. The second-order valence-electron chi connectivity index (χ2n) is 7.85. The predicted molar refractivity (Wildman–Crippen MR) is 122 cm³/mol. The molecule has 1 N–H and O–H groups in total. The van der Waals surface area contributed by atoms with Crippen molar-refractivity contribution in [2.75, 3.05) is 18.8 Å². The lowest BCUT2D eigenvalue weighted by Crippen LogP contribution is -2.29. The van der Waals surface area contributed by atoms with Crippen molar-refractivity contribution in [3.8, 4) is 17.2 Å². The topological polar surface area (TPSA) is 85.3 Å². The molecule has 3 aromatic carbocycles. The van der Waals surface area contributed by atoms with Crippen molar-refractivity contribution in [3.63, 3.8) is 0 Å². The summed E-state index contributed by atoms with van der Waals surface area (Å²) >= 11 is 0. The number of nitrogens with zero attached hydrogens (tertiary/aromatic N) is 1. The maximum atomic E-state index is 13.2. The molecule has 1 unspecified atom stereocenters. The van der Waals surface area contributed by atoms with E-state index in [0.29, 0.717) is 34.1 Å². The second-order valence-corrected chi connectivity index (χ2v) is 7.85. The van der Waals surface area contributed by atoms with E-state index in [0.717, 1.165) is 5.56 Å². The largest absolute Gasteiger partial charge is 0.507 e. The number of aryl methyl sites for hydroxylation is 1. The highest BCUT2D eigenvalue weighted by Gasteiger charge is 2.47. The summed E-state index contributed by atoms with van der Waals surface area (Å²) in [5.74, 6) is -0.0885. The van der Waals surface area contributed by atoms with Gasteiger partial charge in [-0.1, -0.05) is 29.8 Å². The number of hydrogen-bond donors (Lipinski definition) is 1. The fourth-order valence-electron chi connectivity index (χ4n) is 4.20. The molecular weight excluding hydrogens is 422 g/mol. The number of amides is 1. The van der Waals surface area contributed by atoms with E-state index in [2.05, 4.69) is 0 Å². The highest BCUT2D eigenvalue weighted by molar-refractivity contribution is 6.51. The molecule has 7 nitrogen and oxygen atoms in total. The minimum atomic E-state index is -0.802. The number of fused-ring (bicyclic) bond motifs is 1. The van der Waals surface area contributed by atoms with E-state index in [1.807, 2.05) is 31.2 Å². The Morgan fingerprint density at radius 2 is 1.76 bits per heavy atom. The molecule has 1 fully saturated rings. The summed E-state index contributed by atoms with van der Waals surface area (Å²) in [5.41, 5.74) is 2.59. The van der Waals surface area contributed by atoms with Gasteiger partial charge < -0.3 is 19.3 Å². The molecule has 5 rings (SSSR count). The molecule has 166 valence electrons. The first-order valence-electron chi connectivity index (χ1n) is 10.4. The first-order chi connectivity index (χ1) is 16.0. The van der Waals surface area contributed by atoms with Gasteiger partial charge in [0.1, 0.15) is 11.5 Å². The third kappa shape index (κ3) is 3.47. The Morgan fingerprint density at radius 3 is 2.48 bits per heavy atom. The Morgan fingerprint density at radius 1 is 1.00 bits per heavy atom. The van der Waals surface area contributed by atoms with Gasteiger partial charge in [-0.2, -0.15) is 0 Å². The lowest BCUT2D eigenvalue weighted by atomic mass is 9.94. The van der Waals surface area contributed by atoms with Gasteiger partial charge in [0, 0.05) is 11.3 Å². The number of aliphatic hydroxyl groups is 1. The molecule has 0 bridgehead atoms. The Hall–Kier alpha value is -4.26. The van der Waals surface area contributed by atoms with Gasteiger partial charge >= 0.3 is 0 Å². The molecule has 1 saturated heterocycles. The normalized spacial score (nSPS) is 18.6. The molecule has 1 amide bonds. The van der Waals surface area contributed by atoms with E-state index < -0.39 is 17.7 Å². The smallest absolute Gasteiger partial charge is 0.300 e. The molecule has 0 spiro atoms. The highest BCUT2D eigenvalue weighted by Crippen LogP contribution is 2.43. The number of Topliss-reactive ketones (excluding diaryl/α,β-unsaturated/α-hetero) is 1. The molecule has 0 saturated carbocycles. The van der Waals surface area contributed by atoms with Gasteiger partial charge in [-0.25, -0.2) is 0 Å². The van der Waals surface area contributed by atoms with Gasteiger partial charge in [0.25, 0.3) is 11.7 Å². The minimum absolute atomic E-state index is 0.0142. The van der Waals surface area contributed by atoms with Crippen molar-refractivity contribution in [2.45, 2.75) is 13.0 Å². The molecular formula is C26H21NO6. The molecule has 0 radical (unpaired) electrons. The average Bonchev–Trinajstić information content (AvgIpc) is 3.41. The Bertz CT molecular complexity index is 1290. The van der Waals surface area contributed by atoms with Gasteiger partial charge in [0.15, 0.2) is 11.5 Å². The predicted octanol–water partition coefficient (Wildman–Crippen LogP) is 4.36. The van der Waals surface area contributed by atoms with Crippen molar-refractivity contribution in [3.05, 3.63) is 89.0 Å². The summed E-state index contributed by atoms with van der Waals surface area (Å²) in [5, 5.41) is 11.3. The first kappa shape index (κ1) is 20.6. The fraction of sp³-hybridized carbons (Fsp3) is 0.154. The van der Waals surface area contributed by atoms with E-state index in [-0.39, 0.29) is 18.1 Å². The maximum Gasteiger partial charge on any atom is 0.300 e. The fourth-order valence-corrected chi connectivity index (χ4v) is 4.20. The number of benzene rings is 3. The SMILES string of the molecule is COc1ccc(N2C(=O)C(=O)/C(=C(\O)c3ccc4c(c3)OCO4)C2c2cccc(C)c2)cc1. The number of ether oxygens (including phenoxy) is 3. The van der Waals surface area contributed by atoms with Crippen LogP contribution in [0.15, 0.2) is 72.3 Å². The van der Waals surface area contributed by atoms with Gasteiger partial charge in [-0.3, -0.25) is 14.5 Å². The summed E-state index contributed by atoms with van der Waals surface area (Å²) in [6.07, 6.45) is 0. The van der Waals surface area contributed by atoms with Gasteiger partial charge in [0.05, 0.1) is 18.7 Å². The number of anilines is 1. The van der Waals surface area contributed by atoms with E-state index in [1.165, 1.54) is 4.90 Å². The zero-order valence-corrected chi connectivity index (χ0v) is 18.1. The number of carbonyl (C=O) groups is 2. The lowest BCUT2D eigenvalue weighted by Gasteiger charge is -2.26. The van der Waals surface area contributed by atoms with Gasteiger partial charge in [0.2, 0.25) is 6.79 Å². The third-order valence-electron chi connectivity index (χ3n) is 5.80. The molecule has 2 aliphatic heterocycles. The van der Waals surface area contributed by atoms with Crippen LogP contribution in [0.1, 0.15) is 22.7 Å². The van der Waals surface area contributed by atoms with Crippen LogP contribution >= 0.6 is 0 Å². The number of carbonyl (C=O) groups excluding carboxylic acids is 2. The number of methoxy groups -OCH3 is 1. The van der Waals surface area contributed by atoms with E-state index >= 15 is 0 Å². The second kappa shape index (κ2) is 8.02. The van der Waals surface area contributed by atoms with E-state index in [4.69, 9.17) is 14.2 Å². The third-order valence-corrected chi connectivity index (χ3v) is 5.80. The maximum absolute atomic E-state index is 13.2. The van der Waals surface area contributed by atoms with E-state index in [9.17, 15) is 14.7 Å². The summed E-state index contributed by atoms with van der Waals surface area (Å²) in [4.78, 5) is 27.9. The quantitative estimate of drug-likeness (QED) is 0.366. The Balaban J connectivity index is 1.69. The zero-order chi connectivity index (χ0) is 23.1. The van der Waals surface area contributed by atoms with Crippen LogP contribution in [0.4, 0.5) is 5.69 Å². The van der Waals surface area contributed by atoms with E-state index in [1.54, 1.807) is 49.6 Å². The monoisotopic (exact) mass is 443 g/mol.